The molecule has 2 heterocycles. The second-order valence-corrected chi connectivity index (χ2v) is 5.18. The molecule has 1 aliphatic heterocycles. The van der Waals surface area contributed by atoms with Gasteiger partial charge in [-0.1, -0.05) is 12.2 Å². The summed E-state index contributed by atoms with van der Waals surface area (Å²) in [6.45, 7) is 4.57. The van der Waals surface area contributed by atoms with E-state index in [4.69, 9.17) is 18.0 Å². The van der Waals surface area contributed by atoms with Crippen LogP contribution in [0.5, 0.6) is 0 Å². The molecule has 108 valence electrons. The minimum absolute atomic E-state index is 0.0356. The van der Waals surface area contributed by atoms with Crippen LogP contribution < -0.4 is 11.3 Å². The van der Waals surface area contributed by atoms with Gasteiger partial charge in [0.1, 0.15) is 5.69 Å². The summed E-state index contributed by atoms with van der Waals surface area (Å²) in [5.74, 6) is -0.177. The first-order valence-electron chi connectivity index (χ1n) is 6.37. The third kappa shape index (κ3) is 3.20. The Labute approximate surface area is 121 Å². The van der Waals surface area contributed by atoms with Crippen LogP contribution in [0.2, 0.25) is 0 Å². The summed E-state index contributed by atoms with van der Waals surface area (Å²) in [6, 6.07) is 2.77. The van der Waals surface area contributed by atoms with Crippen molar-refractivity contribution in [3.63, 3.8) is 0 Å². The van der Waals surface area contributed by atoms with Gasteiger partial charge >= 0.3 is 0 Å². The van der Waals surface area contributed by atoms with Crippen LogP contribution in [-0.4, -0.2) is 63.1 Å². The first kappa shape index (κ1) is 14.6. The number of aromatic nitrogens is 2. The molecule has 0 radical (unpaired) electrons. The van der Waals surface area contributed by atoms with E-state index in [0.717, 1.165) is 0 Å². The van der Waals surface area contributed by atoms with E-state index in [-0.39, 0.29) is 23.2 Å². The van der Waals surface area contributed by atoms with E-state index in [1.807, 2.05) is 6.92 Å². The maximum Gasteiger partial charge on any atom is 0.274 e. The van der Waals surface area contributed by atoms with Crippen LogP contribution in [0.1, 0.15) is 17.4 Å². The van der Waals surface area contributed by atoms with E-state index in [0.29, 0.717) is 31.2 Å². The van der Waals surface area contributed by atoms with Gasteiger partial charge in [0, 0.05) is 32.2 Å². The van der Waals surface area contributed by atoms with E-state index in [2.05, 4.69) is 15.1 Å². The lowest BCUT2D eigenvalue weighted by molar-refractivity contribution is 0.0614. The summed E-state index contributed by atoms with van der Waals surface area (Å²) in [5, 5.41) is 6.02. The highest BCUT2D eigenvalue weighted by atomic mass is 32.1. The number of H-pyrrole nitrogens is 1. The van der Waals surface area contributed by atoms with Crippen molar-refractivity contribution >= 4 is 23.1 Å². The van der Waals surface area contributed by atoms with Crippen molar-refractivity contribution in [3.8, 4) is 0 Å². The lowest BCUT2D eigenvalue weighted by atomic mass is 10.2. The molecule has 0 aliphatic carbocycles. The summed E-state index contributed by atoms with van der Waals surface area (Å²) in [5.41, 5.74) is 5.56. The monoisotopic (exact) mass is 295 g/mol. The zero-order valence-corrected chi connectivity index (χ0v) is 12.0. The van der Waals surface area contributed by atoms with Gasteiger partial charge in [0.15, 0.2) is 0 Å². The number of carbonyl (C=O) groups is 1. The van der Waals surface area contributed by atoms with Crippen molar-refractivity contribution in [1.29, 1.82) is 0 Å². The molecule has 1 atom stereocenters. The highest BCUT2D eigenvalue weighted by molar-refractivity contribution is 7.80. The molecule has 2 rings (SSSR count). The smallest absolute Gasteiger partial charge is 0.274 e. The molecule has 1 fully saturated rings. The standard InChI is InChI=1S/C12H17N5O2S/c1-8(11(13)20)16-4-6-17(7-5-16)12(19)9-2-3-10(18)15-14-9/h2-3,8H,4-7H2,1H3,(H2,13,20)(H,15,18). The minimum atomic E-state index is -0.323. The van der Waals surface area contributed by atoms with Gasteiger partial charge in [-0.3, -0.25) is 14.5 Å². The van der Waals surface area contributed by atoms with Crippen LogP contribution >= 0.6 is 12.2 Å². The van der Waals surface area contributed by atoms with Crippen molar-refractivity contribution in [2.24, 2.45) is 5.73 Å². The Morgan fingerprint density at radius 2 is 2.05 bits per heavy atom. The van der Waals surface area contributed by atoms with Crippen LogP contribution in [0.3, 0.4) is 0 Å². The second kappa shape index (κ2) is 6.10. The number of thiocarbonyl (C=S) groups is 1. The van der Waals surface area contributed by atoms with E-state index in [9.17, 15) is 9.59 Å². The normalized spacial score (nSPS) is 17.8. The third-order valence-electron chi connectivity index (χ3n) is 3.46. The SMILES string of the molecule is CC(C(N)=S)N1CCN(C(=O)c2ccc(=O)[nH]n2)CC1. The molecule has 0 bridgehead atoms. The Kier molecular flexibility index (Phi) is 4.46. The van der Waals surface area contributed by atoms with E-state index < -0.39 is 0 Å². The van der Waals surface area contributed by atoms with Gasteiger partial charge in [-0.15, -0.1) is 0 Å². The Morgan fingerprint density at radius 1 is 1.40 bits per heavy atom. The maximum atomic E-state index is 12.2. The Bertz CT molecular complexity index is 545. The van der Waals surface area contributed by atoms with Crippen molar-refractivity contribution < 1.29 is 4.79 Å². The van der Waals surface area contributed by atoms with Crippen LogP contribution in [0.15, 0.2) is 16.9 Å². The molecular weight excluding hydrogens is 278 g/mol. The minimum Gasteiger partial charge on any atom is -0.392 e. The summed E-state index contributed by atoms with van der Waals surface area (Å²) >= 11 is 4.98. The van der Waals surface area contributed by atoms with E-state index in [1.54, 1.807) is 4.90 Å². The molecule has 1 aromatic rings. The molecule has 0 saturated carbocycles. The fourth-order valence-corrected chi connectivity index (χ4v) is 2.27. The number of aromatic amines is 1. The summed E-state index contributed by atoms with van der Waals surface area (Å²) in [4.78, 5) is 27.4. The number of nitrogens with one attached hydrogen (secondary N) is 1. The van der Waals surface area contributed by atoms with Crippen LogP contribution in [-0.2, 0) is 0 Å². The van der Waals surface area contributed by atoms with Crippen molar-refractivity contribution in [2.75, 3.05) is 26.2 Å². The third-order valence-corrected chi connectivity index (χ3v) is 3.80. The van der Waals surface area contributed by atoms with Crippen molar-refractivity contribution in [3.05, 3.63) is 28.2 Å². The molecule has 1 aliphatic rings. The Hall–Kier alpha value is -1.80. The number of piperazine rings is 1. The van der Waals surface area contributed by atoms with Gasteiger partial charge in [0.05, 0.1) is 11.0 Å². The predicted molar refractivity (Wildman–Crippen MR) is 78.6 cm³/mol. The quantitative estimate of drug-likeness (QED) is 0.709. The number of nitrogens with two attached hydrogens (primary N) is 1. The lowest BCUT2D eigenvalue weighted by Gasteiger charge is -2.37. The fraction of sp³-hybridized carbons (Fsp3) is 0.500. The van der Waals surface area contributed by atoms with Crippen LogP contribution in [0.4, 0.5) is 0 Å². The summed E-state index contributed by atoms with van der Waals surface area (Å²) in [6.07, 6.45) is 0. The number of nitrogens with zero attached hydrogens (tertiary/aromatic N) is 3. The van der Waals surface area contributed by atoms with Crippen LogP contribution in [0.25, 0.3) is 0 Å². The molecule has 20 heavy (non-hydrogen) atoms. The Balaban J connectivity index is 1.97. The Morgan fingerprint density at radius 3 is 2.55 bits per heavy atom. The molecule has 1 saturated heterocycles. The fourth-order valence-electron chi connectivity index (χ4n) is 2.12. The van der Waals surface area contributed by atoms with Gasteiger partial charge in [-0.2, -0.15) is 5.10 Å². The molecule has 3 N–H and O–H groups in total. The molecule has 1 amide bonds. The van der Waals surface area contributed by atoms with Crippen molar-refractivity contribution in [1.82, 2.24) is 20.0 Å². The molecule has 8 heteroatoms. The van der Waals surface area contributed by atoms with Gasteiger partial charge in [-0.25, -0.2) is 5.10 Å². The topological polar surface area (TPSA) is 95.3 Å². The molecule has 1 aromatic heterocycles. The maximum absolute atomic E-state index is 12.2. The largest absolute Gasteiger partial charge is 0.392 e. The van der Waals surface area contributed by atoms with Gasteiger partial charge in [0.2, 0.25) is 0 Å². The average Bonchev–Trinajstić information content (AvgIpc) is 2.46. The highest BCUT2D eigenvalue weighted by Gasteiger charge is 2.26. The summed E-state index contributed by atoms with van der Waals surface area (Å²) in [7, 11) is 0. The van der Waals surface area contributed by atoms with E-state index in [1.165, 1.54) is 12.1 Å². The predicted octanol–water partition coefficient (Wildman–Crippen LogP) is -0.798. The second-order valence-electron chi connectivity index (χ2n) is 4.71. The lowest BCUT2D eigenvalue weighted by Crippen LogP contribution is -2.54. The number of amides is 1. The average molecular weight is 295 g/mol. The number of rotatable bonds is 3. The molecule has 0 aromatic carbocycles. The molecular formula is C12H17N5O2S. The van der Waals surface area contributed by atoms with Gasteiger partial charge in [-0.05, 0) is 13.0 Å². The zero-order valence-electron chi connectivity index (χ0n) is 11.2. The molecule has 7 nitrogen and oxygen atoms in total. The number of hydrogen-bond acceptors (Lipinski definition) is 5. The summed E-state index contributed by atoms with van der Waals surface area (Å²) < 4.78 is 0. The first-order valence-corrected chi connectivity index (χ1v) is 6.78. The number of hydrogen-bond donors (Lipinski definition) is 2. The first-order chi connectivity index (χ1) is 9.49. The van der Waals surface area contributed by atoms with Gasteiger partial charge < -0.3 is 10.6 Å². The zero-order chi connectivity index (χ0) is 14.7. The molecule has 1 unspecified atom stereocenters. The molecule has 0 spiro atoms. The van der Waals surface area contributed by atoms with Crippen LogP contribution in [0, 0.1) is 0 Å². The highest BCUT2D eigenvalue weighted by Crippen LogP contribution is 2.09. The van der Waals surface area contributed by atoms with E-state index >= 15 is 0 Å². The van der Waals surface area contributed by atoms with Gasteiger partial charge in [0.25, 0.3) is 11.5 Å². The number of carbonyl (C=O) groups excluding carboxylic acids is 1. The van der Waals surface area contributed by atoms with Crippen molar-refractivity contribution in [2.45, 2.75) is 13.0 Å².